The van der Waals surface area contributed by atoms with Gasteiger partial charge >= 0.3 is 0 Å². The fraction of sp³-hybridized carbons (Fsp3) is 0.333. The first kappa shape index (κ1) is 15.0. The number of rotatable bonds is 6. The molecule has 0 atom stereocenters. The molecule has 2 heterocycles. The lowest BCUT2D eigenvalue weighted by atomic mass is 10.3. The lowest BCUT2D eigenvalue weighted by Crippen LogP contribution is -2.23. The van der Waals surface area contributed by atoms with E-state index in [9.17, 15) is 8.42 Å². The third kappa shape index (κ3) is 3.83. The van der Waals surface area contributed by atoms with Crippen LogP contribution in [0.1, 0.15) is 16.4 Å². The van der Waals surface area contributed by atoms with Crippen LogP contribution in [0, 0.1) is 6.92 Å². The second-order valence-corrected chi connectivity index (χ2v) is 7.34. The van der Waals surface area contributed by atoms with E-state index in [1.165, 1.54) is 11.3 Å². The lowest BCUT2D eigenvalue weighted by molar-refractivity contribution is 0.582. The van der Waals surface area contributed by atoms with Crippen LogP contribution in [0.4, 0.5) is 0 Å². The van der Waals surface area contributed by atoms with Gasteiger partial charge in [-0.15, -0.1) is 11.3 Å². The van der Waals surface area contributed by atoms with Crippen LogP contribution >= 0.6 is 11.3 Å². The van der Waals surface area contributed by atoms with E-state index < -0.39 is 10.0 Å². The molecule has 0 aliphatic heterocycles. The highest BCUT2D eigenvalue weighted by Crippen LogP contribution is 2.21. The maximum atomic E-state index is 12.1. The van der Waals surface area contributed by atoms with Gasteiger partial charge in [-0.1, -0.05) is 0 Å². The minimum absolute atomic E-state index is 0.149. The molecule has 0 spiro atoms. The molecule has 3 N–H and O–H groups in total. The Hall–Kier alpha value is -1.35. The Bertz CT molecular complexity index is 682. The molecule has 20 heavy (non-hydrogen) atoms. The van der Waals surface area contributed by atoms with Crippen LogP contribution in [0.15, 0.2) is 28.6 Å². The van der Waals surface area contributed by atoms with Crippen molar-refractivity contribution in [3.05, 3.63) is 40.8 Å². The summed E-state index contributed by atoms with van der Waals surface area (Å²) in [6.45, 7) is 2.42. The van der Waals surface area contributed by atoms with Crippen LogP contribution in [0.2, 0.25) is 0 Å². The molecular weight excluding hydrogens is 296 g/mol. The van der Waals surface area contributed by atoms with E-state index in [1.807, 2.05) is 0 Å². The van der Waals surface area contributed by atoms with E-state index in [2.05, 4.69) is 14.7 Å². The Kier molecular flexibility index (Phi) is 4.81. The van der Waals surface area contributed by atoms with Crippen LogP contribution in [-0.2, 0) is 23.0 Å². The normalized spacial score (nSPS) is 11.7. The lowest BCUT2D eigenvalue weighted by Gasteiger charge is -2.04. The average molecular weight is 312 g/mol. The monoisotopic (exact) mass is 312 g/mol. The summed E-state index contributed by atoms with van der Waals surface area (Å²) in [6.07, 6.45) is 2.29. The molecule has 8 heteroatoms. The molecule has 0 aliphatic rings. The van der Waals surface area contributed by atoms with Crippen LogP contribution in [-0.4, -0.2) is 24.9 Å². The zero-order valence-corrected chi connectivity index (χ0v) is 12.7. The highest BCUT2D eigenvalue weighted by Gasteiger charge is 2.16. The fourth-order valence-corrected chi connectivity index (χ4v) is 4.04. The van der Waals surface area contributed by atoms with Gasteiger partial charge in [0.15, 0.2) is 0 Å². The second-order valence-electron chi connectivity index (χ2n) is 4.18. The first-order valence-electron chi connectivity index (χ1n) is 6.08. The van der Waals surface area contributed by atoms with Crippen molar-refractivity contribution in [2.24, 2.45) is 5.73 Å². The zero-order chi connectivity index (χ0) is 14.6. The third-order valence-corrected chi connectivity index (χ3v) is 5.61. The Morgan fingerprint density at radius 1 is 1.35 bits per heavy atom. The van der Waals surface area contributed by atoms with Crippen LogP contribution in [0.5, 0.6) is 0 Å². The van der Waals surface area contributed by atoms with Gasteiger partial charge in [-0.3, -0.25) is 0 Å². The smallest absolute Gasteiger partial charge is 0.250 e. The third-order valence-electron chi connectivity index (χ3n) is 2.57. The molecule has 2 aromatic rings. The topological polar surface area (TPSA) is 98.0 Å². The molecule has 2 aromatic heterocycles. The van der Waals surface area contributed by atoms with Crippen LogP contribution in [0.3, 0.4) is 0 Å². The number of nitrogens with one attached hydrogen (secondary N) is 1. The summed E-state index contributed by atoms with van der Waals surface area (Å²) in [7, 11) is -3.50. The van der Waals surface area contributed by atoms with Crippen molar-refractivity contribution >= 4 is 21.4 Å². The van der Waals surface area contributed by atoms with Crippen LogP contribution < -0.4 is 10.5 Å². The van der Waals surface area contributed by atoms with Crippen molar-refractivity contribution < 1.29 is 8.42 Å². The predicted molar refractivity (Wildman–Crippen MR) is 77.9 cm³/mol. The SMILES string of the molecule is Cc1nccc(CNS(=O)(=O)c2ccc(CCN)s2)n1. The van der Waals surface area contributed by atoms with Gasteiger partial charge in [-0.25, -0.2) is 23.1 Å². The van der Waals surface area contributed by atoms with Crippen molar-refractivity contribution in [3.8, 4) is 0 Å². The number of hydrogen-bond donors (Lipinski definition) is 2. The molecule has 0 saturated heterocycles. The molecule has 6 nitrogen and oxygen atoms in total. The maximum Gasteiger partial charge on any atom is 0.250 e. The second kappa shape index (κ2) is 6.40. The summed E-state index contributed by atoms with van der Waals surface area (Å²) in [4.78, 5) is 9.09. The molecule has 0 bridgehead atoms. The van der Waals surface area contributed by atoms with Crippen LogP contribution in [0.25, 0.3) is 0 Å². The summed E-state index contributed by atoms with van der Waals surface area (Å²) in [5, 5.41) is 0. The Morgan fingerprint density at radius 2 is 2.15 bits per heavy atom. The first-order valence-corrected chi connectivity index (χ1v) is 8.38. The standard InChI is InChI=1S/C12H16N4O2S2/c1-9-14-7-5-10(16-9)8-15-20(17,18)12-3-2-11(19-12)4-6-13/h2-3,5,7,15H,4,6,8,13H2,1H3. The number of aryl methyl sites for hydroxylation is 1. The maximum absolute atomic E-state index is 12.1. The Balaban J connectivity index is 2.06. The summed E-state index contributed by atoms with van der Waals surface area (Å²) in [6, 6.07) is 5.08. The molecule has 2 rings (SSSR count). The number of aromatic nitrogens is 2. The van der Waals surface area contributed by atoms with Gasteiger partial charge in [-0.2, -0.15) is 0 Å². The van der Waals surface area contributed by atoms with E-state index in [0.29, 0.717) is 28.7 Å². The van der Waals surface area contributed by atoms with E-state index in [1.54, 1.807) is 31.3 Å². The summed E-state index contributed by atoms with van der Waals surface area (Å²) < 4.78 is 27.1. The largest absolute Gasteiger partial charge is 0.330 e. The minimum atomic E-state index is -3.50. The van der Waals surface area contributed by atoms with Gasteiger partial charge in [0, 0.05) is 11.1 Å². The van der Waals surface area contributed by atoms with E-state index >= 15 is 0 Å². The molecule has 0 radical (unpaired) electrons. The number of nitrogens with zero attached hydrogens (tertiary/aromatic N) is 2. The minimum Gasteiger partial charge on any atom is -0.330 e. The number of thiophene rings is 1. The number of sulfonamides is 1. The summed E-state index contributed by atoms with van der Waals surface area (Å²) >= 11 is 1.24. The molecule has 0 unspecified atom stereocenters. The van der Waals surface area contributed by atoms with E-state index in [-0.39, 0.29) is 6.54 Å². The molecule has 0 amide bonds. The average Bonchev–Trinajstić information content (AvgIpc) is 2.87. The highest BCUT2D eigenvalue weighted by molar-refractivity contribution is 7.91. The highest BCUT2D eigenvalue weighted by atomic mass is 32.2. The predicted octanol–water partition coefficient (Wildman–Crippen LogP) is 0.826. The van der Waals surface area contributed by atoms with Gasteiger partial charge < -0.3 is 5.73 Å². The first-order chi connectivity index (χ1) is 9.51. The molecule has 0 aromatic carbocycles. The van der Waals surface area contributed by atoms with Crippen molar-refractivity contribution in [3.63, 3.8) is 0 Å². The van der Waals surface area contributed by atoms with Gasteiger partial charge in [-0.05, 0) is 38.1 Å². The van der Waals surface area contributed by atoms with Crippen molar-refractivity contribution in [1.82, 2.24) is 14.7 Å². The zero-order valence-electron chi connectivity index (χ0n) is 11.0. The Labute approximate surface area is 122 Å². The molecule has 0 aliphatic carbocycles. The quantitative estimate of drug-likeness (QED) is 0.823. The molecule has 108 valence electrons. The number of nitrogens with two attached hydrogens (primary N) is 1. The van der Waals surface area contributed by atoms with Gasteiger partial charge in [0.1, 0.15) is 10.0 Å². The van der Waals surface area contributed by atoms with E-state index in [4.69, 9.17) is 5.73 Å². The molecular formula is C12H16N4O2S2. The molecule has 0 saturated carbocycles. The van der Waals surface area contributed by atoms with Gasteiger partial charge in [0.25, 0.3) is 0 Å². The number of hydrogen-bond acceptors (Lipinski definition) is 6. The summed E-state index contributed by atoms with van der Waals surface area (Å²) in [5.41, 5.74) is 6.09. The van der Waals surface area contributed by atoms with Gasteiger partial charge in [0.05, 0.1) is 12.2 Å². The van der Waals surface area contributed by atoms with Crippen molar-refractivity contribution in [1.29, 1.82) is 0 Å². The van der Waals surface area contributed by atoms with Gasteiger partial charge in [0.2, 0.25) is 10.0 Å². The molecule has 0 fully saturated rings. The Morgan fingerprint density at radius 3 is 2.85 bits per heavy atom. The van der Waals surface area contributed by atoms with Crippen molar-refractivity contribution in [2.75, 3.05) is 6.54 Å². The fourth-order valence-electron chi connectivity index (χ4n) is 1.62. The van der Waals surface area contributed by atoms with E-state index in [0.717, 1.165) is 4.88 Å². The van der Waals surface area contributed by atoms with Crippen molar-refractivity contribution in [2.45, 2.75) is 24.1 Å². The summed E-state index contributed by atoms with van der Waals surface area (Å²) in [5.74, 6) is 0.614.